The average Bonchev–Trinajstić information content (AvgIpc) is 2.73. The van der Waals surface area contributed by atoms with Crippen molar-refractivity contribution in [2.24, 2.45) is 0 Å². The van der Waals surface area contributed by atoms with Gasteiger partial charge in [0.05, 0.1) is 23.6 Å². The summed E-state index contributed by atoms with van der Waals surface area (Å²) >= 11 is 0. The number of carboxylic acid groups (broad SMARTS) is 1. The standard InChI is InChI=1S/C12H11N3O2/c1-14-7-8-6-9(12(16)17)13-15(8)11-5-3-2-4-10(11)14/h2-6H,7H2,1H3,(H,16,17). The Morgan fingerprint density at radius 2 is 2.06 bits per heavy atom. The van der Waals surface area contributed by atoms with E-state index < -0.39 is 5.97 Å². The highest BCUT2D eigenvalue weighted by Crippen LogP contribution is 2.30. The number of carbonyl (C=O) groups is 1. The minimum absolute atomic E-state index is 0.0881. The molecule has 0 amide bonds. The molecule has 5 heteroatoms. The third-order valence-electron chi connectivity index (χ3n) is 2.92. The highest BCUT2D eigenvalue weighted by molar-refractivity contribution is 5.85. The predicted molar refractivity (Wildman–Crippen MR) is 62.6 cm³/mol. The van der Waals surface area contributed by atoms with Crippen LogP contribution in [0.3, 0.4) is 0 Å². The van der Waals surface area contributed by atoms with Gasteiger partial charge in [-0.25, -0.2) is 9.48 Å². The van der Waals surface area contributed by atoms with Gasteiger partial charge < -0.3 is 10.0 Å². The first kappa shape index (κ1) is 9.89. The Labute approximate surface area is 97.9 Å². The van der Waals surface area contributed by atoms with Gasteiger partial charge in [-0.15, -0.1) is 0 Å². The highest BCUT2D eigenvalue weighted by atomic mass is 16.4. The Morgan fingerprint density at radius 3 is 2.76 bits per heavy atom. The summed E-state index contributed by atoms with van der Waals surface area (Å²) in [4.78, 5) is 13.0. The Morgan fingerprint density at radius 1 is 1.35 bits per heavy atom. The first-order valence-electron chi connectivity index (χ1n) is 5.29. The van der Waals surface area contributed by atoms with Crippen molar-refractivity contribution in [2.45, 2.75) is 6.54 Å². The molecule has 2 aromatic rings. The second kappa shape index (κ2) is 3.35. The summed E-state index contributed by atoms with van der Waals surface area (Å²) in [5.41, 5.74) is 2.96. The van der Waals surface area contributed by atoms with E-state index in [0.29, 0.717) is 6.54 Å². The molecule has 17 heavy (non-hydrogen) atoms. The lowest BCUT2D eigenvalue weighted by atomic mass is 10.2. The van der Waals surface area contributed by atoms with Gasteiger partial charge in [-0.1, -0.05) is 12.1 Å². The molecule has 1 aromatic heterocycles. The fraction of sp³-hybridized carbons (Fsp3) is 0.167. The van der Waals surface area contributed by atoms with Crippen molar-refractivity contribution in [3.63, 3.8) is 0 Å². The maximum absolute atomic E-state index is 10.9. The van der Waals surface area contributed by atoms with Crippen molar-refractivity contribution in [2.75, 3.05) is 11.9 Å². The van der Waals surface area contributed by atoms with Gasteiger partial charge in [0, 0.05) is 7.05 Å². The summed E-state index contributed by atoms with van der Waals surface area (Å²) < 4.78 is 1.71. The van der Waals surface area contributed by atoms with Crippen LogP contribution in [-0.4, -0.2) is 27.9 Å². The number of nitrogens with zero attached hydrogens (tertiary/aromatic N) is 3. The van der Waals surface area contributed by atoms with Gasteiger partial charge in [-0.05, 0) is 18.2 Å². The fourth-order valence-electron chi connectivity index (χ4n) is 2.14. The van der Waals surface area contributed by atoms with Gasteiger partial charge in [0.1, 0.15) is 0 Å². The highest BCUT2D eigenvalue weighted by Gasteiger charge is 2.22. The third-order valence-corrected chi connectivity index (χ3v) is 2.92. The smallest absolute Gasteiger partial charge is 0.356 e. The number of hydrogen-bond donors (Lipinski definition) is 1. The predicted octanol–water partition coefficient (Wildman–Crippen LogP) is 1.52. The Bertz CT molecular complexity index is 604. The molecule has 2 heterocycles. The largest absolute Gasteiger partial charge is 0.476 e. The number of anilines is 1. The maximum atomic E-state index is 10.9. The minimum atomic E-state index is -0.993. The van der Waals surface area contributed by atoms with Crippen LogP contribution in [0.25, 0.3) is 5.69 Å². The molecular weight excluding hydrogens is 218 g/mol. The fourth-order valence-corrected chi connectivity index (χ4v) is 2.14. The van der Waals surface area contributed by atoms with Crippen LogP contribution >= 0.6 is 0 Å². The van der Waals surface area contributed by atoms with E-state index in [2.05, 4.69) is 10.00 Å². The maximum Gasteiger partial charge on any atom is 0.356 e. The lowest BCUT2D eigenvalue weighted by Gasteiger charge is -2.27. The normalized spacial score (nSPS) is 13.1. The zero-order chi connectivity index (χ0) is 12.0. The number of hydrogen-bond acceptors (Lipinski definition) is 3. The van der Waals surface area contributed by atoms with Crippen molar-refractivity contribution in [3.05, 3.63) is 41.7 Å². The third kappa shape index (κ3) is 1.39. The minimum Gasteiger partial charge on any atom is -0.476 e. The Kier molecular flexibility index (Phi) is 1.95. The molecule has 86 valence electrons. The molecule has 0 fully saturated rings. The average molecular weight is 229 g/mol. The molecule has 0 atom stereocenters. The molecule has 0 radical (unpaired) electrons. The van der Waals surface area contributed by atoms with Crippen LogP contribution in [0.15, 0.2) is 30.3 Å². The molecule has 0 saturated heterocycles. The first-order valence-corrected chi connectivity index (χ1v) is 5.29. The topological polar surface area (TPSA) is 58.4 Å². The number of rotatable bonds is 1. The van der Waals surface area contributed by atoms with Crippen LogP contribution in [0.2, 0.25) is 0 Å². The number of benzene rings is 1. The van der Waals surface area contributed by atoms with Gasteiger partial charge in [0.2, 0.25) is 0 Å². The molecular formula is C12H11N3O2. The van der Waals surface area contributed by atoms with Crippen LogP contribution in [-0.2, 0) is 6.54 Å². The second-order valence-electron chi connectivity index (χ2n) is 4.08. The number of carboxylic acids is 1. The van der Waals surface area contributed by atoms with Gasteiger partial charge >= 0.3 is 5.97 Å². The van der Waals surface area contributed by atoms with E-state index in [1.807, 2.05) is 31.3 Å². The van der Waals surface area contributed by atoms with Gasteiger partial charge in [0.15, 0.2) is 5.69 Å². The van der Waals surface area contributed by atoms with E-state index in [0.717, 1.165) is 17.1 Å². The number of aromatic nitrogens is 2. The Balaban J connectivity index is 2.22. The van der Waals surface area contributed by atoms with Crippen molar-refractivity contribution < 1.29 is 9.90 Å². The zero-order valence-electron chi connectivity index (χ0n) is 9.29. The molecule has 0 spiro atoms. The van der Waals surface area contributed by atoms with Crippen molar-refractivity contribution in [3.8, 4) is 5.69 Å². The van der Waals surface area contributed by atoms with Crippen molar-refractivity contribution in [1.82, 2.24) is 9.78 Å². The molecule has 1 aromatic carbocycles. The molecule has 0 unspecified atom stereocenters. The molecule has 0 bridgehead atoms. The molecule has 0 saturated carbocycles. The Hall–Kier alpha value is -2.30. The van der Waals surface area contributed by atoms with E-state index in [1.54, 1.807) is 10.7 Å². The van der Waals surface area contributed by atoms with E-state index >= 15 is 0 Å². The van der Waals surface area contributed by atoms with Crippen LogP contribution in [0.5, 0.6) is 0 Å². The molecule has 5 nitrogen and oxygen atoms in total. The molecule has 1 aliphatic rings. The SMILES string of the molecule is CN1Cc2cc(C(=O)O)nn2-c2ccccc21. The quantitative estimate of drug-likeness (QED) is 0.805. The van der Waals surface area contributed by atoms with Crippen LogP contribution < -0.4 is 4.90 Å². The van der Waals surface area contributed by atoms with Crippen molar-refractivity contribution in [1.29, 1.82) is 0 Å². The van der Waals surface area contributed by atoms with Crippen LogP contribution in [0.4, 0.5) is 5.69 Å². The summed E-state index contributed by atoms with van der Waals surface area (Å²) in [7, 11) is 1.98. The first-order chi connectivity index (χ1) is 8.16. The second-order valence-corrected chi connectivity index (χ2v) is 4.08. The lowest BCUT2D eigenvalue weighted by molar-refractivity contribution is 0.0690. The van der Waals surface area contributed by atoms with Gasteiger partial charge in [-0.2, -0.15) is 5.10 Å². The summed E-state index contributed by atoms with van der Waals surface area (Å²) in [6, 6.07) is 9.44. The van der Waals surface area contributed by atoms with Crippen molar-refractivity contribution >= 4 is 11.7 Å². The summed E-state index contributed by atoms with van der Waals surface area (Å²) in [6.45, 7) is 0.664. The molecule has 1 aliphatic heterocycles. The van der Waals surface area contributed by atoms with Gasteiger partial charge in [-0.3, -0.25) is 0 Å². The molecule has 0 aliphatic carbocycles. The number of para-hydroxylation sites is 2. The summed E-state index contributed by atoms with van der Waals surface area (Å²) in [5.74, 6) is -0.993. The van der Waals surface area contributed by atoms with Crippen LogP contribution in [0.1, 0.15) is 16.2 Å². The van der Waals surface area contributed by atoms with Crippen LogP contribution in [0, 0.1) is 0 Å². The lowest BCUT2D eigenvalue weighted by Crippen LogP contribution is -2.25. The number of aromatic carboxylic acids is 1. The van der Waals surface area contributed by atoms with E-state index in [4.69, 9.17) is 5.11 Å². The number of fused-ring (bicyclic) bond motifs is 3. The summed E-state index contributed by atoms with van der Waals surface area (Å²) in [5, 5.41) is 13.1. The van der Waals surface area contributed by atoms with E-state index in [9.17, 15) is 4.79 Å². The monoisotopic (exact) mass is 229 g/mol. The zero-order valence-corrected chi connectivity index (χ0v) is 9.29. The van der Waals surface area contributed by atoms with E-state index in [1.165, 1.54) is 0 Å². The van der Waals surface area contributed by atoms with Gasteiger partial charge in [0.25, 0.3) is 0 Å². The summed E-state index contributed by atoms with van der Waals surface area (Å²) in [6.07, 6.45) is 0. The molecule has 1 N–H and O–H groups in total. The molecule has 3 rings (SSSR count). The van der Waals surface area contributed by atoms with E-state index in [-0.39, 0.29) is 5.69 Å².